The van der Waals surface area contributed by atoms with E-state index < -0.39 is 5.97 Å². The molecule has 0 bridgehead atoms. The highest BCUT2D eigenvalue weighted by atomic mass is 16.5. The van der Waals surface area contributed by atoms with Crippen LogP contribution in [-0.2, 0) is 11.2 Å². The second-order valence-corrected chi connectivity index (χ2v) is 3.73. The van der Waals surface area contributed by atoms with Gasteiger partial charge < -0.3 is 14.5 Å². The van der Waals surface area contributed by atoms with E-state index in [1.54, 1.807) is 13.8 Å². The molecule has 5 nitrogen and oxygen atoms in total. The summed E-state index contributed by atoms with van der Waals surface area (Å²) in [5.74, 6) is 0.685. The standard InChI is InChI=1S/C12H20N2O3/c1-4-7-13-8-6-10-14-11(9(3)17-10)12(15)16-5-2/h13H,4-8H2,1-3H3. The van der Waals surface area contributed by atoms with Crippen molar-refractivity contribution >= 4 is 5.97 Å². The topological polar surface area (TPSA) is 64.4 Å². The molecule has 1 N–H and O–H groups in total. The predicted octanol–water partition coefficient (Wildman–Crippen LogP) is 1.70. The fourth-order valence-corrected chi connectivity index (χ4v) is 1.44. The molecule has 0 saturated carbocycles. The summed E-state index contributed by atoms with van der Waals surface area (Å²) in [6.45, 7) is 7.73. The number of ether oxygens (including phenoxy) is 1. The molecule has 0 saturated heterocycles. The van der Waals surface area contributed by atoms with Crippen molar-refractivity contribution < 1.29 is 13.9 Å². The van der Waals surface area contributed by atoms with Gasteiger partial charge in [-0.3, -0.25) is 0 Å². The van der Waals surface area contributed by atoms with E-state index in [1.807, 2.05) is 0 Å². The Labute approximate surface area is 102 Å². The summed E-state index contributed by atoms with van der Waals surface area (Å²) < 4.78 is 10.3. The van der Waals surface area contributed by atoms with Crippen molar-refractivity contribution in [3.8, 4) is 0 Å². The quantitative estimate of drug-likeness (QED) is 0.580. The number of nitrogens with one attached hydrogen (secondary N) is 1. The Morgan fingerprint density at radius 2 is 2.18 bits per heavy atom. The van der Waals surface area contributed by atoms with Gasteiger partial charge in [-0.15, -0.1) is 0 Å². The minimum Gasteiger partial charge on any atom is -0.461 e. The zero-order chi connectivity index (χ0) is 12.7. The molecule has 1 aromatic rings. The number of rotatable bonds is 7. The van der Waals surface area contributed by atoms with Gasteiger partial charge >= 0.3 is 5.97 Å². The maximum Gasteiger partial charge on any atom is 0.360 e. The number of carbonyl (C=O) groups excluding carboxylic acids is 1. The lowest BCUT2D eigenvalue weighted by atomic mass is 10.3. The molecule has 0 aliphatic carbocycles. The van der Waals surface area contributed by atoms with Gasteiger partial charge in [0, 0.05) is 13.0 Å². The average molecular weight is 240 g/mol. The Morgan fingerprint density at radius 3 is 2.82 bits per heavy atom. The monoisotopic (exact) mass is 240 g/mol. The van der Waals surface area contributed by atoms with Gasteiger partial charge in [-0.2, -0.15) is 0 Å². The summed E-state index contributed by atoms with van der Waals surface area (Å²) in [4.78, 5) is 15.6. The molecule has 0 spiro atoms. The SMILES string of the molecule is CCCNCCc1nc(C(=O)OCC)c(C)o1. The molecular weight excluding hydrogens is 220 g/mol. The van der Waals surface area contributed by atoms with Gasteiger partial charge in [0.2, 0.25) is 0 Å². The van der Waals surface area contributed by atoms with Crippen LogP contribution in [0, 0.1) is 6.92 Å². The molecule has 1 aromatic heterocycles. The molecule has 1 heterocycles. The zero-order valence-corrected chi connectivity index (χ0v) is 10.7. The number of nitrogens with zero attached hydrogens (tertiary/aromatic N) is 1. The van der Waals surface area contributed by atoms with Gasteiger partial charge in [0.05, 0.1) is 6.61 Å². The normalized spacial score (nSPS) is 10.5. The molecule has 0 radical (unpaired) electrons. The highest BCUT2D eigenvalue weighted by Gasteiger charge is 2.17. The summed E-state index contributed by atoms with van der Waals surface area (Å²) >= 11 is 0. The fraction of sp³-hybridized carbons (Fsp3) is 0.667. The number of aryl methyl sites for hydroxylation is 1. The smallest absolute Gasteiger partial charge is 0.360 e. The minimum absolute atomic E-state index is 0.289. The molecule has 96 valence electrons. The van der Waals surface area contributed by atoms with Crippen LogP contribution in [0.15, 0.2) is 4.42 Å². The van der Waals surface area contributed by atoms with Crippen LogP contribution < -0.4 is 5.32 Å². The Bertz CT molecular complexity index is 361. The van der Waals surface area contributed by atoms with E-state index in [0.29, 0.717) is 24.7 Å². The van der Waals surface area contributed by atoms with E-state index >= 15 is 0 Å². The van der Waals surface area contributed by atoms with Gasteiger partial charge in [-0.05, 0) is 26.8 Å². The van der Waals surface area contributed by atoms with Crippen molar-refractivity contribution in [2.45, 2.75) is 33.6 Å². The van der Waals surface area contributed by atoms with E-state index in [1.165, 1.54) is 0 Å². The first kappa shape index (κ1) is 13.7. The minimum atomic E-state index is -0.415. The van der Waals surface area contributed by atoms with Gasteiger partial charge in [0.25, 0.3) is 0 Å². The van der Waals surface area contributed by atoms with Crippen LogP contribution in [0.2, 0.25) is 0 Å². The van der Waals surface area contributed by atoms with E-state index in [4.69, 9.17) is 9.15 Å². The second kappa shape index (κ2) is 7.06. The van der Waals surface area contributed by atoms with E-state index in [0.717, 1.165) is 19.5 Å². The van der Waals surface area contributed by atoms with Gasteiger partial charge in [0.1, 0.15) is 5.76 Å². The first-order valence-corrected chi connectivity index (χ1v) is 6.03. The van der Waals surface area contributed by atoms with Crippen molar-refractivity contribution in [1.29, 1.82) is 0 Å². The molecule has 1 rings (SSSR count). The van der Waals surface area contributed by atoms with Crippen molar-refractivity contribution in [2.75, 3.05) is 19.7 Å². The Kier molecular flexibility index (Phi) is 5.69. The number of oxazole rings is 1. The Balaban J connectivity index is 2.52. The number of esters is 1. The first-order chi connectivity index (χ1) is 8.19. The summed E-state index contributed by atoms with van der Waals surface area (Å²) in [5, 5.41) is 3.25. The van der Waals surface area contributed by atoms with Crippen molar-refractivity contribution in [2.24, 2.45) is 0 Å². The largest absolute Gasteiger partial charge is 0.461 e. The maximum atomic E-state index is 11.5. The lowest BCUT2D eigenvalue weighted by Crippen LogP contribution is -2.18. The average Bonchev–Trinajstić information content (AvgIpc) is 2.66. The third-order valence-electron chi connectivity index (χ3n) is 2.25. The van der Waals surface area contributed by atoms with Crippen LogP contribution in [0.3, 0.4) is 0 Å². The van der Waals surface area contributed by atoms with Crippen LogP contribution in [0.4, 0.5) is 0 Å². The maximum absolute atomic E-state index is 11.5. The highest BCUT2D eigenvalue weighted by molar-refractivity contribution is 5.88. The molecule has 0 aliphatic heterocycles. The Hall–Kier alpha value is -1.36. The first-order valence-electron chi connectivity index (χ1n) is 6.03. The van der Waals surface area contributed by atoms with Crippen LogP contribution in [0.25, 0.3) is 0 Å². The van der Waals surface area contributed by atoms with Crippen molar-refractivity contribution in [1.82, 2.24) is 10.3 Å². The summed E-state index contributed by atoms with van der Waals surface area (Å²) in [6.07, 6.45) is 1.78. The van der Waals surface area contributed by atoms with Crippen LogP contribution in [0.1, 0.15) is 42.4 Å². The lowest BCUT2D eigenvalue weighted by Gasteiger charge is -1.98. The van der Waals surface area contributed by atoms with Gasteiger partial charge in [-0.25, -0.2) is 9.78 Å². The molecule has 5 heteroatoms. The van der Waals surface area contributed by atoms with Crippen molar-refractivity contribution in [3.63, 3.8) is 0 Å². The fourth-order valence-electron chi connectivity index (χ4n) is 1.44. The zero-order valence-electron chi connectivity index (χ0n) is 10.7. The summed E-state index contributed by atoms with van der Waals surface area (Å²) in [7, 11) is 0. The predicted molar refractivity (Wildman–Crippen MR) is 64.1 cm³/mol. The van der Waals surface area contributed by atoms with Gasteiger partial charge in [0.15, 0.2) is 11.6 Å². The number of carbonyl (C=O) groups is 1. The van der Waals surface area contributed by atoms with Crippen LogP contribution >= 0.6 is 0 Å². The number of hydrogen-bond acceptors (Lipinski definition) is 5. The summed E-state index contributed by atoms with van der Waals surface area (Å²) in [6, 6.07) is 0. The molecular formula is C12H20N2O3. The number of hydrogen-bond donors (Lipinski definition) is 1. The Morgan fingerprint density at radius 1 is 1.41 bits per heavy atom. The van der Waals surface area contributed by atoms with Crippen LogP contribution in [-0.4, -0.2) is 30.6 Å². The molecule has 0 aromatic carbocycles. The van der Waals surface area contributed by atoms with E-state index in [-0.39, 0.29) is 5.69 Å². The van der Waals surface area contributed by atoms with E-state index in [2.05, 4.69) is 17.2 Å². The molecule has 17 heavy (non-hydrogen) atoms. The van der Waals surface area contributed by atoms with Crippen LogP contribution in [0.5, 0.6) is 0 Å². The molecule has 0 amide bonds. The summed E-state index contributed by atoms with van der Waals surface area (Å²) in [5.41, 5.74) is 0.289. The number of aromatic nitrogens is 1. The molecule has 0 atom stereocenters. The molecule has 0 unspecified atom stereocenters. The highest BCUT2D eigenvalue weighted by Crippen LogP contribution is 2.11. The molecule has 0 aliphatic rings. The second-order valence-electron chi connectivity index (χ2n) is 3.73. The molecule has 0 fully saturated rings. The third kappa shape index (κ3) is 4.19. The van der Waals surface area contributed by atoms with E-state index in [9.17, 15) is 4.79 Å². The third-order valence-corrected chi connectivity index (χ3v) is 2.25. The van der Waals surface area contributed by atoms with Crippen molar-refractivity contribution in [3.05, 3.63) is 17.3 Å². The lowest BCUT2D eigenvalue weighted by molar-refractivity contribution is 0.0518. The van der Waals surface area contributed by atoms with Gasteiger partial charge in [-0.1, -0.05) is 6.92 Å².